The number of thiophene rings is 1. The summed E-state index contributed by atoms with van der Waals surface area (Å²) >= 11 is 1.55. The maximum absolute atomic E-state index is 12.7. The van der Waals surface area contributed by atoms with E-state index in [4.69, 9.17) is 0 Å². The fraction of sp³-hybridized carbons (Fsp3) is 0.611. The van der Waals surface area contributed by atoms with Gasteiger partial charge in [0.1, 0.15) is 4.83 Å². The number of amides is 1. The topological polar surface area (TPSA) is 55.2 Å². The predicted octanol–water partition coefficient (Wildman–Crippen LogP) is 3.26. The molecule has 2 aromatic heterocycles. The third-order valence-corrected chi connectivity index (χ3v) is 6.26. The number of hydrogen-bond donors (Lipinski definition) is 0. The first kappa shape index (κ1) is 17.1. The fourth-order valence-electron chi connectivity index (χ4n) is 3.54. The van der Waals surface area contributed by atoms with E-state index in [-0.39, 0.29) is 11.5 Å². The van der Waals surface area contributed by atoms with Crippen LogP contribution in [0.25, 0.3) is 10.2 Å². The van der Waals surface area contributed by atoms with E-state index < -0.39 is 0 Å². The van der Waals surface area contributed by atoms with Crippen molar-refractivity contribution in [2.75, 3.05) is 6.54 Å². The molecule has 5 nitrogen and oxygen atoms in total. The van der Waals surface area contributed by atoms with Crippen LogP contribution in [0.3, 0.4) is 0 Å². The molecule has 0 spiro atoms. The summed E-state index contributed by atoms with van der Waals surface area (Å²) in [6.45, 7) is 7.37. The Bertz CT molecular complexity index is 808. The van der Waals surface area contributed by atoms with Crippen molar-refractivity contribution in [2.24, 2.45) is 0 Å². The van der Waals surface area contributed by atoms with E-state index >= 15 is 0 Å². The molecule has 1 atom stereocenters. The minimum Gasteiger partial charge on any atom is -0.340 e. The summed E-state index contributed by atoms with van der Waals surface area (Å²) < 4.78 is 1.59. The van der Waals surface area contributed by atoms with Crippen molar-refractivity contribution in [3.8, 4) is 0 Å². The summed E-state index contributed by atoms with van der Waals surface area (Å²) in [5, 5.41) is 0.705. The molecule has 0 radical (unpaired) electrons. The summed E-state index contributed by atoms with van der Waals surface area (Å²) in [6, 6.07) is 0.366. The third-order valence-electron chi connectivity index (χ3n) is 5.14. The molecule has 1 fully saturated rings. The van der Waals surface area contributed by atoms with Crippen LogP contribution in [0.5, 0.6) is 0 Å². The van der Waals surface area contributed by atoms with Gasteiger partial charge in [0, 0.05) is 30.4 Å². The van der Waals surface area contributed by atoms with Crippen LogP contribution < -0.4 is 5.56 Å². The number of aromatic nitrogens is 2. The normalized spacial score (nSPS) is 18.3. The van der Waals surface area contributed by atoms with Gasteiger partial charge in [0.25, 0.3) is 5.56 Å². The minimum absolute atomic E-state index is 0.0275. The predicted molar refractivity (Wildman–Crippen MR) is 97.6 cm³/mol. The molecule has 0 bridgehead atoms. The fourth-order valence-corrected chi connectivity index (χ4v) is 4.53. The molecule has 0 aromatic carbocycles. The van der Waals surface area contributed by atoms with Crippen LogP contribution in [0.2, 0.25) is 0 Å². The highest BCUT2D eigenvalue weighted by molar-refractivity contribution is 7.18. The molecule has 1 aliphatic heterocycles. The summed E-state index contributed by atoms with van der Waals surface area (Å²) in [7, 11) is 0. The smallest absolute Gasteiger partial charge is 0.262 e. The lowest BCUT2D eigenvalue weighted by molar-refractivity contribution is -0.135. The molecule has 0 aliphatic carbocycles. The van der Waals surface area contributed by atoms with Crippen LogP contribution in [0.1, 0.15) is 49.5 Å². The van der Waals surface area contributed by atoms with Crippen molar-refractivity contribution in [1.82, 2.24) is 14.5 Å². The number of carbonyl (C=O) groups excluding carboxylic acids is 1. The zero-order chi connectivity index (χ0) is 17.3. The second kappa shape index (κ2) is 7.05. The van der Waals surface area contributed by atoms with Crippen molar-refractivity contribution in [1.29, 1.82) is 0 Å². The molecular formula is C18H25N3O2S. The Morgan fingerprint density at radius 2 is 2.17 bits per heavy atom. The molecule has 0 saturated carbocycles. The number of carbonyl (C=O) groups is 1. The van der Waals surface area contributed by atoms with E-state index in [9.17, 15) is 9.59 Å². The lowest BCUT2D eigenvalue weighted by Gasteiger charge is -2.35. The molecule has 1 aliphatic rings. The monoisotopic (exact) mass is 347 g/mol. The molecule has 2 aromatic rings. The van der Waals surface area contributed by atoms with Gasteiger partial charge < -0.3 is 4.90 Å². The van der Waals surface area contributed by atoms with Gasteiger partial charge in [0.05, 0.1) is 11.7 Å². The molecule has 1 amide bonds. The van der Waals surface area contributed by atoms with Crippen LogP contribution in [0.4, 0.5) is 0 Å². The zero-order valence-electron chi connectivity index (χ0n) is 14.7. The average Bonchev–Trinajstić information content (AvgIpc) is 2.89. The standard InChI is InChI=1S/C18H25N3O2S/c1-4-14-7-5-6-9-21(14)15(22)8-10-20-11-19-17-16(18(20)23)12(2)13(3)24-17/h11,14H,4-10H2,1-3H3. The molecule has 130 valence electrons. The summed E-state index contributed by atoms with van der Waals surface area (Å²) in [5.74, 6) is 0.159. The number of likely N-dealkylation sites (tertiary alicyclic amines) is 1. The van der Waals surface area contributed by atoms with Crippen molar-refractivity contribution < 1.29 is 4.79 Å². The quantitative estimate of drug-likeness (QED) is 0.853. The molecule has 6 heteroatoms. The molecule has 24 heavy (non-hydrogen) atoms. The van der Waals surface area contributed by atoms with E-state index in [1.807, 2.05) is 18.7 Å². The summed E-state index contributed by atoms with van der Waals surface area (Å²) in [5.41, 5.74) is 0.982. The van der Waals surface area contributed by atoms with Gasteiger partial charge in [0.15, 0.2) is 0 Å². The first-order chi connectivity index (χ1) is 11.5. The number of fused-ring (bicyclic) bond motifs is 1. The molecular weight excluding hydrogens is 322 g/mol. The van der Waals surface area contributed by atoms with Crippen LogP contribution in [0, 0.1) is 13.8 Å². The second-order valence-corrected chi connectivity index (χ2v) is 7.80. The maximum atomic E-state index is 12.7. The third kappa shape index (κ3) is 3.11. The summed E-state index contributed by atoms with van der Waals surface area (Å²) in [6.07, 6.45) is 6.35. The average molecular weight is 347 g/mol. The van der Waals surface area contributed by atoms with Gasteiger partial charge in [-0.1, -0.05) is 6.92 Å². The molecule has 1 saturated heterocycles. The van der Waals surface area contributed by atoms with Crippen LogP contribution in [-0.2, 0) is 11.3 Å². The molecule has 1 unspecified atom stereocenters. The van der Waals surface area contributed by atoms with Gasteiger partial charge in [0.2, 0.25) is 5.91 Å². The van der Waals surface area contributed by atoms with Gasteiger partial charge in [-0.25, -0.2) is 4.98 Å². The Morgan fingerprint density at radius 3 is 2.92 bits per heavy atom. The largest absolute Gasteiger partial charge is 0.340 e. The highest BCUT2D eigenvalue weighted by Gasteiger charge is 2.25. The lowest BCUT2D eigenvalue weighted by Crippen LogP contribution is -2.43. The first-order valence-corrected chi connectivity index (χ1v) is 9.59. The van der Waals surface area contributed by atoms with E-state index in [1.165, 1.54) is 6.42 Å². The number of piperidine rings is 1. The summed E-state index contributed by atoms with van der Waals surface area (Å²) in [4.78, 5) is 33.6. The second-order valence-electron chi connectivity index (χ2n) is 6.60. The van der Waals surface area contributed by atoms with Crippen molar-refractivity contribution in [3.63, 3.8) is 0 Å². The Labute approximate surface area is 146 Å². The number of hydrogen-bond acceptors (Lipinski definition) is 4. The highest BCUT2D eigenvalue weighted by Crippen LogP contribution is 2.25. The van der Waals surface area contributed by atoms with Gasteiger partial charge in [-0.3, -0.25) is 14.2 Å². The van der Waals surface area contributed by atoms with Crippen LogP contribution >= 0.6 is 11.3 Å². The SMILES string of the molecule is CCC1CCCCN1C(=O)CCn1cnc2sc(C)c(C)c2c1=O. The maximum Gasteiger partial charge on any atom is 0.262 e. The van der Waals surface area contributed by atoms with Crippen molar-refractivity contribution >= 4 is 27.5 Å². The lowest BCUT2D eigenvalue weighted by atomic mass is 9.99. The van der Waals surface area contributed by atoms with Crippen molar-refractivity contribution in [2.45, 2.75) is 65.5 Å². The van der Waals surface area contributed by atoms with E-state index in [0.29, 0.717) is 24.4 Å². The van der Waals surface area contributed by atoms with Gasteiger partial charge in [-0.15, -0.1) is 11.3 Å². The number of rotatable bonds is 4. The zero-order valence-corrected chi connectivity index (χ0v) is 15.5. The van der Waals surface area contributed by atoms with E-state index in [0.717, 1.165) is 41.1 Å². The highest BCUT2D eigenvalue weighted by atomic mass is 32.1. The first-order valence-electron chi connectivity index (χ1n) is 8.77. The Balaban J connectivity index is 1.76. The van der Waals surface area contributed by atoms with Crippen LogP contribution in [-0.4, -0.2) is 32.9 Å². The Morgan fingerprint density at radius 1 is 1.38 bits per heavy atom. The molecule has 0 N–H and O–H groups in total. The molecule has 3 heterocycles. The minimum atomic E-state index is -0.0275. The van der Waals surface area contributed by atoms with Gasteiger partial charge in [-0.2, -0.15) is 0 Å². The van der Waals surface area contributed by atoms with Crippen LogP contribution in [0.15, 0.2) is 11.1 Å². The molecule has 3 rings (SSSR count). The Hall–Kier alpha value is -1.69. The number of nitrogens with zero attached hydrogens (tertiary/aromatic N) is 3. The van der Waals surface area contributed by atoms with Gasteiger partial charge >= 0.3 is 0 Å². The van der Waals surface area contributed by atoms with E-state index in [2.05, 4.69) is 11.9 Å². The number of aryl methyl sites for hydroxylation is 3. The Kier molecular flexibility index (Phi) is 5.04. The van der Waals surface area contributed by atoms with Gasteiger partial charge in [-0.05, 0) is 45.1 Å². The van der Waals surface area contributed by atoms with E-state index in [1.54, 1.807) is 22.2 Å². The van der Waals surface area contributed by atoms with Crippen molar-refractivity contribution in [3.05, 3.63) is 27.1 Å².